The molecule has 4 heteroatoms. The molecular formula is C13H14IN3. The molecule has 88 valence electrons. The van der Waals surface area contributed by atoms with Crippen molar-refractivity contribution in [3.8, 4) is 0 Å². The average molecular weight is 339 g/mol. The molecule has 0 bridgehead atoms. The SMILES string of the molecule is Cc1nccc(CNCc2ccc(I)cc2)n1. The number of hydrogen-bond acceptors (Lipinski definition) is 3. The predicted molar refractivity (Wildman–Crippen MR) is 76.5 cm³/mol. The minimum atomic E-state index is 0.773. The topological polar surface area (TPSA) is 37.8 Å². The van der Waals surface area contributed by atoms with E-state index in [1.807, 2.05) is 13.0 Å². The van der Waals surface area contributed by atoms with Gasteiger partial charge >= 0.3 is 0 Å². The smallest absolute Gasteiger partial charge is 0.125 e. The zero-order chi connectivity index (χ0) is 12.1. The molecule has 0 radical (unpaired) electrons. The van der Waals surface area contributed by atoms with Crippen LogP contribution in [0.2, 0.25) is 0 Å². The van der Waals surface area contributed by atoms with Gasteiger partial charge in [0.1, 0.15) is 5.82 Å². The summed E-state index contributed by atoms with van der Waals surface area (Å²) in [6.45, 7) is 3.54. The zero-order valence-corrected chi connectivity index (χ0v) is 11.8. The van der Waals surface area contributed by atoms with Crippen LogP contribution in [0.3, 0.4) is 0 Å². The first-order chi connectivity index (χ1) is 8.24. The minimum absolute atomic E-state index is 0.773. The predicted octanol–water partition coefficient (Wildman–Crippen LogP) is 2.68. The van der Waals surface area contributed by atoms with Crippen LogP contribution in [0.25, 0.3) is 0 Å². The van der Waals surface area contributed by atoms with E-state index in [2.05, 4.69) is 62.1 Å². The molecule has 17 heavy (non-hydrogen) atoms. The second-order valence-electron chi connectivity index (χ2n) is 3.83. The van der Waals surface area contributed by atoms with E-state index in [4.69, 9.17) is 0 Å². The van der Waals surface area contributed by atoms with Gasteiger partial charge in [-0.3, -0.25) is 0 Å². The third-order valence-electron chi connectivity index (χ3n) is 2.38. The van der Waals surface area contributed by atoms with E-state index >= 15 is 0 Å². The fourth-order valence-corrected chi connectivity index (χ4v) is 1.90. The standard InChI is InChI=1S/C13H14IN3/c1-10-16-7-6-13(17-10)9-15-8-11-2-4-12(14)5-3-11/h2-7,15H,8-9H2,1H3. The van der Waals surface area contributed by atoms with Crippen LogP contribution in [-0.4, -0.2) is 9.97 Å². The fraction of sp³-hybridized carbons (Fsp3) is 0.231. The molecule has 0 saturated carbocycles. The molecule has 0 saturated heterocycles. The van der Waals surface area contributed by atoms with Crippen molar-refractivity contribution in [1.82, 2.24) is 15.3 Å². The lowest BCUT2D eigenvalue weighted by molar-refractivity contribution is 0.675. The van der Waals surface area contributed by atoms with Crippen LogP contribution in [0.4, 0.5) is 0 Å². The van der Waals surface area contributed by atoms with Gasteiger partial charge in [-0.1, -0.05) is 12.1 Å². The highest BCUT2D eigenvalue weighted by Gasteiger charge is 1.96. The lowest BCUT2D eigenvalue weighted by Gasteiger charge is -2.05. The number of nitrogens with one attached hydrogen (secondary N) is 1. The summed E-state index contributed by atoms with van der Waals surface area (Å²) < 4.78 is 1.26. The zero-order valence-electron chi connectivity index (χ0n) is 9.65. The molecule has 1 N–H and O–H groups in total. The number of benzene rings is 1. The van der Waals surface area contributed by atoms with Gasteiger partial charge in [-0.05, 0) is 53.3 Å². The highest BCUT2D eigenvalue weighted by atomic mass is 127. The molecule has 1 heterocycles. The maximum atomic E-state index is 4.34. The number of hydrogen-bond donors (Lipinski definition) is 1. The Morgan fingerprint density at radius 2 is 1.88 bits per heavy atom. The summed E-state index contributed by atoms with van der Waals surface area (Å²) in [6.07, 6.45) is 1.80. The molecule has 3 nitrogen and oxygen atoms in total. The van der Waals surface area contributed by atoms with Crippen LogP contribution >= 0.6 is 22.6 Å². The molecule has 0 aliphatic heterocycles. The third kappa shape index (κ3) is 4.05. The van der Waals surface area contributed by atoms with Crippen LogP contribution < -0.4 is 5.32 Å². The summed E-state index contributed by atoms with van der Waals surface area (Å²) in [4.78, 5) is 8.42. The van der Waals surface area contributed by atoms with Crippen molar-refractivity contribution in [2.45, 2.75) is 20.0 Å². The maximum absolute atomic E-state index is 4.34. The quantitative estimate of drug-likeness (QED) is 0.871. The van der Waals surface area contributed by atoms with Crippen molar-refractivity contribution >= 4 is 22.6 Å². The molecule has 0 amide bonds. The monoisotopic (exact) mass is 339 g/mol. The number of nitrogens with zero attached hydrogens (tertiary/aromatic N) is 2. The lowest BCUT2D eigenvalue weighted by atomic mass is 10.2. The summed E-state index contributed by atoms with van der Waals surface area (Å²) in [5, 5.41) is 3.37. The van der Waals surface area contributed by atoms with E-state index in [-0.39, 0.29) is 0 Å². The van der Waals surface area contributed by atoms with Gasteiger partial charge in [-0.2, -0.15) is 0 Å². The molecule has 0 spiro atoms. The Morgan fingerprint density at radius 3 is 2.59 bits per heavy atom. The second-order valence-corrected chi connectivity index (χ2v) is 5.07. The van der Waals surface area contributed by atoms with E-state index in [1.165, 1.54) is 9.13 Å². The number of aryl methyl sites for hydroxylation is 1. The Labute approximate surface area is 115 Å². The summed E-state index contributed by atoms with van der Waals surface area (Å²) in [5.74, 6) is 0.818. The second kappa shape index (κ2) is 6.07. The van der Waals surface area contributed by atoms with E-state index in [0.29, 0.717) is 0 Å². The lowest BCUT2D eigenvalue weighted by Crippen LogP contribution is -2.14. The van der Waals surface area contributed by atoms with Crippen LogP contribution in [-0.2, 0) is 13.1 Å². The van der Waals surface area contributed by atoms with Crippen molar-refractivity contribution in [3.63, 3.8) is 0 Å². The van der Waals surface area contributed by atoms with E-state index in [1.54, 1.807) is 6.20 Å². The molecule has 0 unspecified atom stereocenters. The van der Waals surface area contributed by atoms with Gasteiger partial charge in [0.15, 0.2) is 0 Å². The van der Waals surface area contributed by atoms with E-state index in [0.717, 1.165) is 24.6 Å². The van der Waals surface area contributed by atoms with Crippen molar-refractivity contribution in [2.75, 3.05) is 0 Å². The Morgan fingerprint density at radius 1 is 1.12 bits per heavy atom. The Balaban J connectivity index is 1.85. The molecule has 0 aliphatic carbocycles. The van der Waals surface area contributed by atoms with E-state index < -0.39 is 0 Å². The molecule has 1 aromatic heterocycles. The van der Waals surface area contributed by atoms with Gasteiger partial charge in [0.25, 0.3) is 0 Å². The van der Waals surface area contributed by atoms with Crippen LogP contribution in [0.1, 0.15) is 17.1 Å². The third-order valence-corrected chi connectivity index (χ3v) is 3.10. The summed E-state index contributed by atoms with van der Waals surface area (Å²) in [7, 11) is 0. The first kappa shape index (κ1) is 12.4. The maximum Gasteiger partial charge on any atom is 0.125 e. The first-order valence-electron chi connectivity index (χ1n) is 5.48. The average Bonchev–Trinajstić information content (AvgIpc) is 2.32. The number of halogens is 1. The molecule has 2 rings (SSSR count). The van der Waals surface area contributed by atoms with Crippen LogP contribution in [0.15, 0.2) is 36.5 Å². The van der Waals surface area contributed by atoms with Gasteiger partial charge in [0.05, 0.1) is 5.69 Å². The summed E-state index contributed by atoms with van der Waals surface area (Å²) >= 11 is 2.31. The minimum Gasteiger partial charge on any atom is -0.307 e. The Hall–Kier alpha value is -1.01. The summed E-state index contributed by atoms with van der Waals surface area (Å²) in [5.41, 5.74) is 2.32. The highest BCUT2D eigenvalue weighted by molar-refractivity contribution is 14.1. The molecule has 0 aliphatic rings. The normalized spacial score (nSPS) is 10.5. The van der Waals surface area contributed by atoms with Crippen LogP contribution in [0.5, 0.6) is 0 Å². The van der Waals surface area contributed by atoms with Crippen molar-refractivity contribution < 1.29 is 0 Å². The molecule has 0 fully saturated rings. The van der Waals surface area contributed by atoms with Gasteiger partial charge in [-0.15, -0.1) is 0 Å². The Bertz CT molecular complexity index is 482. The van der Waals surface area contributed by atoms with Gasteiger partial charge < -0.3 is 5.32 Å². The molecule has 2 aromatic rings. The van der Waals surface area contributed by atoms with E-state index in [9.17, 15) is 0 Å². The van der Waals surface area contributed by atoms with Crippen molar-refractivity contribution in [2.24, 2.45) is 0 Å². The largest absolute Gasteiger partial charge is 0.307 e. The molecular weight excluding hydrogens is 325 g/mol. The summed E-state index contributed by atoms with van der Waals surface area (Å²) in [6, 6.07) is 10.5. The first-order valence-corrected chi connectivity index (χ1v) is 6.55. The van der Waals surface area contributed by atoms with Crippen molar-refractivity contribution in [1.29, 1.82) is 0 Å². The van der Waals surface area contributed by atoms with Gasteiger partial charge in [-0.25, -0.2) is 9.97 Å². The van der Waals surface area contributed by atoms with Gasteiger partial charge in [0.2, 0.25) is 0 Å². The van der Waals surface area contributed by atoms with Gasteiger partial charge in [0, 0.05) is 22.9 Å². The van der Waals surface area contributed by atoms with Crippen molar-refractivity contribution in [3.05, 3.63) is 57.2 Å². The molecule has 1 aromatic carbocycles. The Kier molecular flexibility index (Phi) is 4.44. The number of rotatable bonds is 4. The number of aromatic nitrogens is 2. The fourth-order valence-electron chi connectivity index (χ4n) is 1.54. The van der Waals surface area contributed by atoms with Crippen LogP contribution in [0, 0.1) is 10.5 Å². The highest BCUT2D eigenvalue weighted by Crippen LogP contribution is 2.06. The molecule has 0 atom stereocenters.